The van der Waals surface area contributed by atoms with Crippen LogP contribution in [0.4, 0.5) is 11.5 Å². The lowest BCUT2D eigenvalue weighted by Crippen LogP contribution is -2.26. The second kappa shape index (κ2) is 5.59. The highest BCUT2D eigenvalue weighted by Crippen LogP contribution is 2.32. The van der Waals surface area contributed by atoms with Crippen molar-refractivity contribution in [3.63, 3.8) is 0 Å². The van der Waals surface area contributed by atoms with E-state index in [1.165, 1.54) is 12.8 Å². The van der Waals surface area contributed by atoms with Crippen LogP contribution in [0.2, 0.25) is 0 Å². The van der Waals surface area contributed by atoms with Gasteiger partial charge in [0.1, 0.15) is 5.69 Å². The molecule has 1 saturated carbocycles. The number of anilines is 1. The number of nitrogens with one attached hydrogen (secondary N) is 1. The van der Waals surface area contributed by atoms with Crippen LogP contribution in [0.3, 0.4) is 0 Å². The predicted octanol–water partition coefficient (Wildman–Crippen LogP) is 2.88. The van der Waals surface area contributed by atoms with Crippen LogP contribution in [-0.4, -0.2) is 20.7 Å². The van der Waals surface area contributed by atoms with Crippen molar-refractivity contribution in [3.8, 4) is 0 Å². The van der Waals surface area contributed by atoms with Gasteiger partial charge in [-0.05, 0) is 38.0 Å². The summed E-state index contributed by atoms with van der Waals surface area (Å²) in [7, 11) is 1.76. The molecule has 0 amide bonds. The van der Waals surface area contributed by atoms with Crippen molar-refractivity contribution < 1.29 is 4.92 Å². The van der Waals surface area contributed by atoms with Crippen LogP contribution in [0.15, 0.2) is 0 Å². The van der Waals surface area contributed by atoms with E-state index in [0.717, 1.165) is 18.8 Å². The zero-order valence-corrected chi connectivity index (χ0v) is 11.8. The third-order valence-electron chi connectivity index (χ3n) is 3.97. The van der Waals surface area contributed by atoms with Gasteiger partial charge in [-0.2, -0.15) is 5.10 Å². The van der Waals surface area contributed by atoms with Gasteiger partial charge in [0.25, 0.3) is 0 Å². The highest BCUT2D eigenvalue weighted by atomic mass is 16.6. The molecule has 1 N–H and O–H groups in total. The van der Waals surface area contributed by atoms with Crippen molar-refractivity contribution in [2.75, 3.05) is 5.32 Å². The van der Waals surface area contributed by atoms with Crippen LogP contribution in [0.5, 0.6) is 0 Å². The van der Waals surface area contributed by atoms with Crippen LogP contribution >= 0.6 is 0 Å². The van der Waals surface area contributed by atoms with E-state index in [2.05, 4.69) is 17.3 Å². The fourth-order valence-electron chi connectivity index (χ4n) is 2.76. The van der Waals surface area contributed by atoms with Gasteiger partial charge in [-0.3, -0.25) is 10.1 Å². The van der Waals surface area contributed by atoms with Gasteiger partial charge in [-0.15, -0.1) is 0 Å². The molecule has 106 valence electrons. The summed E-state index contributed by atoms with van der Waals surface area (Å²) in [6, 6.07) is 0.329. The van der Waals surface area contributed by atoms with Gasteiger partial charge in [0.05, 0.1) is 4.92 Å². The summed E-state index contributed by atoms with van der Waals surface area (Å²) in [5.41, 5.74) is 0.697. The van der Waals surface area contributed by atoms with Gasteiger partial charge >= 0.3 is 5.69 Å². The average molecular weight is 266 g/mol. The Morgan fingerprint density at radius 3 is 2.58 bits per heavy atom. The molecular formula is C13H22N4O2. The molecule has 0 aliphatic heterocycles. The molecule has 0 bridgehead atoms. The predicted molar refractivity (Wildman–Crippen MR) is 74.3 cm³/mol. The van der Waals surface area contributed by atoms with Gasteiger partial charge in [-0.25, -0.2) is 4.68 Å². The molecule has 6 heteroatoms. The van der Waals surface area contributed by atoms with Crippen molar-refractivity contribution in [2.45, 2.75) is 52.0 Å². The minimum atomic E-state index is -0.320. The van der Waals surface area contributed by atoms with Gasteiger partial charge in [0.15, 0.2) is 0 Å². The zero-order chi connectivity index (χ0) is 14.0. The lowest BCUT2D eigenvalue weighted by atomic mass is 9.87. The first-order chi connectivity index (χ1) is 9.02. The Morgan fingerprint density at radius 1 is 1.42 bits per heavy atom. The summed E-state index contributed by atoms with van der Waals surface area (Å²) in [6.45, 7) is 4.15. The summed E-state index contributed by atoms with van der Waals surface area (Å²) in [5.74, 6) is 1.33. The van der Waals surface area contributed by atoms with E-state index in [1.807, 2.05) is 6.92 Å². The highest BCUT2D eigenvalue weighted by Gasteiger charge is 2.28. The smallest absolute Gasteiger partial charge is 0.333 e. The molecule has 0 radical (unpaired) electrons. The van der Waals surface area contributed by atoms with E-state index in [0.29, 0.717) is 24.0 Å². The molecule has 0 aromatic carbocycles. The summed E-state index contributed by atoms with van der Waals surface area (Å²) >= 11 is 0. The number of aryl methyl sites for hydroxylation is 2. The van der Waals surface area contributed by atoms with Crippen molar-refractivity contribution in [3.05, 3.63) is 15.8 Å². The molecular weight excluding hydrogens is 244 g/mol. The molecule has 1 aromatic heterocycles. The molecule has 1 heterocycles. The first kappa shape index (κ1) is 13.8. The van der Waals surface area contributed by atoms with E-state index in [1.54, 1.807) is 11.7 Å². The molecule has 1 fully saturated rings. The van der Waals surface area contributed by atoms with E-state index in [9.17, 15) is 10.1 Å². The molecule has 1 aliphatic rings. The molecule has 0 atom stereocenters. The Balaban J connectivity index is 2.19. The van der Waals surface area contributed by atoms with Crippen LogP contribution in [-0.2, 0) is 13.5 Å². The normalized spacial score (nSPS) is 23.3. The molecule has 0 unspecified atom stereocenters. The summed E-state index contributed by atoms with van der Waals surface area (Å²) in [5, 5.41) is 18.8. The Morgan fingerprint density at radius 2 is 2.05 bits per heavy atom. The summed E-state index contributed by atoms with van der Waals surface area (Å²) < 4.78 is 1.61. The van der Waals surface area contributed by atoms with E-state index in [-0.39, 0.29) is 10.6 Å². The zero-order valence-electron chi connectivity index (χ0n) is 11.8. The molecule has 0 saturated heterocycles. The lowest BCUT2D eigenvalue weighted by Gasteiger charge is -2.27. The molecule has 1 aliphatic carbocycles. The van der Waals surface area contributed by atoms with Gasteiger partial charge in [0.2, 0.25) is 5.82 Å². The molecule has 0 spiro atoms. The lowest BCUT2D eigenvalue weighted by molar-refractivity contribution is -0.384. The first-order valence-electron chi connectivity index (χ1n) is 6.99. The Labute approximate surface area is 113 Å². The topological polar surface area (TPSA) is 73.0 Å². The van der Waals surface area contributed by atoms with Gasteiger partial charge < -0.3 is 5.32 Å². The van der Waals surface area contributed by atoms with Crippen LogP contribution < -0.4 is 5.32 Å². The third kappa shape index (κ3) is 2.88. The largest absolute Gasteiger partial charge is 0.362 e. The molecule has 19 heavy (non-hydrogen) atoms. The van der Waals surface area contributed by atoms with Crippen LogP contribution in [0, 0.1) is 16.0 Å². The fourth-order valence-corrected chi connectivity index (χ4v) is 2.76. The number of aromatic nitrogens is 2. The molecule has 6 nitrogen and oxygen atoms in total. The molecule has 1 aromatic rings. The van der Waals surface area contributed by atoms with E-state index in [4.69, 9.17) is 0 Å². The minimum Gasteiger partial charge on any atom is -0.362 e. The maximum atomic E-state index is 11.2. The van der Waals surface area contributed by atoms with Crippen molar-refractivity contribution in [1.29, 1.82) is 0 Å². The number of nitrogens with zero attached hydrogens (tertiary/aromatic N) is 3. The quantitative estimate of drug-likeness (QED) is 0.671. The average Bonchev–Trinajstić information content (AvgIpc) is 2.69. The molecule has 2 rings (SSSR count). The van der Waals surface area contributed by atoms with Crippen molar-refractivity contribution in [2.24, 2.45) is 13.0 Å². The van der Waals surface area contributed by atoms with Crippen molar-refractivity contribution >= 4 is 11.5 Å². The van der Waals surface area contributed by atoms with E-state index >= 15 is 0 Å². The van der Waals surface area contributed by atoms with Crippen LogP contribution in [0.25, 0.3) is 0 Å². The SMILES string of the molecule is CCc1nn(C)c(NC2CCC(C)CC2)c1[N+](=O)[O-]. The number of nitro groups is 1. The summed E-state index contributed by atoms with van der Waals surface area (Å²) in [4.78, 5) is 10.9. The Kier molecular flexibility index (Phi) is 4.07. The number of hydrogen-bond donors (Lipinski definition) is 1. The second-order valence-electron chi connectivity index (χ2n) is 5.48. The van der Waals surface area contributed by atoms with Gasteiger partial charge in [-0.1, -0.05) is 13.8 Å². The summed E-state index contributed by atoms with van der Waals surface area (Å²) in [6.07, 6.45) is 5.09. The first-order valence-corrected chi connectivity index (χ1v) is 6.99. The minimum absolute atomic E-state index is 0.142. The maximum Gasteiger partial charge on any atom is 0.333 e. The maximum absolute atomic E-state index is 11.2. The van der Waals surface area contributed by atoms with Crippen molar-refractivity contribution in [1.82, 2.24) is 9.78 Å². The Hall–Kier alpha value is -1.59. The fraction of sp³-hybridized carbons (Fsp3) is 0.769. The number of hydrogen-bond acceptors (Lipinski definition) is 4. The second-order valence-corrected chi connectivity index (χ2v) is 5.48. The Bertz CT molecular complexity index is 461. The van der Waals surface area contributed by atoms with Gasteiger partial charge in [0, 0.05) is 13.1 Å². The number of rotatable bonds is 4. The van der Waals surface area contributed by atoms with Crippen LogP contribution in [0.1, 0.15) is 45.2 Å². The highest BCUT2D eigenvalue weighted by molar-refractivity contribution is 5.60. The monoisotopic (exact) mass is 266 g/mol. The standard InChI is InChI=1S/C13H22N4O2/c1-4-11-12(17(18)19)13(16(3)15-11)14-10-7-5-9(2)6-8-10/h9-10,14H,4-8H2,1-3H3. The third-order valence-corrected chi connectivity index (χ3v) is 3.97. The van der Waals surface area contributed by atoms with E-state index < -0.39 is 0 Å².